The Morgan fingerprint density at radius 2 is 1.64 bits per heavy atom. The van der Waals surface area contributed by atoms with E-state index in [0.717, 1.165) is 12.8 Å². The Bertz CT molecular complexity index is 111. The van der Waals surface area contributed by atoms with Gasteiger partial charge >= 0.3 is 0 Å². The van der Waals surface area contributed by atoms with Gasteiger partial charge < -0.3 is 0 Å². The normalized spacial score (nSPS) is 18.0. The molecule has 0 aliphatic heterocycles. The van der Waals surface area contributed by atoms with Crippen LogP contribution in [0.4, 0.5) is 0 Å². The van der Waals surface area contributed by atoms with Gasteiger partial charge in [-0.15, -0.1) is 0 Å². The van der Waals surface area contributed by atoms with E-state index >= 15 is 0 Å². The van der Waals surface area contributed by atoms with Gasteiger partial charge in [-0.1, -0.05) is 27.7 Å². The van der Waals surface area contributed by atoms with Crippen LogP contribution in [0.15, 0.2) is 0 Å². The summed E-state index contributed by atoms with van der Waals surface area (Å²) in [5.41, 5.74) is 0.111. The molecule has 1 nitrogen and oxygen atoms in total. The number of rotatable bonds is 3. The second kappa shape index (κ2) is 3.77. The van der Waals surface area contributed by atoms with Crippen molar-refractivity contribution in [2.75, 3.05) is 0 Å². The van der Waals surface area contributed by atoms with Crippen LogP contribution in [0.3, 0.4) is 0 Å². The maximum absolute atomic E-state index is 5.41. The highest BCUT2D eigenvalue weighted by atomic mass is 35.5. The van der Waals surface area contributed by atoms with Crippen LogP contribution in [0, 0.1) is 5.41 Å². The molecule has 0 aromatic heterocycles. The molecule has 0 N–H and O–H groups in total. The maximum Gasteiger partial charge on any atom is 0.0871 e. The predicted molar refractivity (Wildman–Crippen MR) is 49.7 cm³/mol. The van der Waals surface area contributed by atoms with Crippen molar-refractivity contribution in [3.05, 3.63) is 0 Å². The SMILES string of the molecule is CCC(C)(CC(C)(C)C)OCl. The van der Waals surface area contributed by atoms with E-state index in [4.69, 9.17) is 16.2 Å². The summed E-state index contributed by atoms with van der Waals surface area (Å²) in [6, 6.07) is 0. The first-order valence-electron chi connectivity index (χ1n) is 4.13. The molecule has 68 valence electrons. The van der Waals surface area contributed by atoms with E-state index in [1.807, 2.05) is 6.92 Å². The van der Waals surface area contributed by atoms with Crippen molar-refractivity contribution in [3.8, 4) is 0 Å². The molecule has 0 fully saturated rings. The highest BCUT2D eigenvalue weighted by Crippen LogP contribution is 2.32. The second-order valence-corrected chi connectivity index (χ2v) is 4.77. The molecule has 0 aliphatic rings. The van der Waals surface area contributed by atoms with Crippen LogP contribution in [0.5, 0.6) is 0 Å². The molecule has 0 aliphatic carbocycles. The summed E-state index contributed by atoms with van der Waals surface area (Å²) in [4.78, 5) is 0. The molecule has 0 bridgehead atoms. The molecule has 0 saturated carbocycles. The highest BCUT2D eigenvalue weighted by molar-refractivity contribution is 6.07. The maximum atomic E-state index is 5.41. The Morgan fingerprint density at radius 1 is 1.18 bits per heavy atom. The van der Waals surface area contributed by atoms with Crippen LogP contribution in [0.2, 0.25) is 0 Å². The third-order valence-electron chi connectivity index (χ3n) is 1.84. The first kappa shape index (κ1) is 11.2. The molecule has 2 heteroatoms. The van der Waals surface area contributed by atoms with Gasteiger partial charge in [0, 0.05) is 0 Å². The van der Waals surface area contributed by atoms with Gasteiger partial charge in [-0.2, -0.15) is 0 Å². The Labute approximate surface area is 75.2 Å². The van der Waals surface area contributed by atoms with Crippen LogP contribution >= 0.6 is 11.9 Å². The van der Waals surface area contributed by atoms with Gasteiger partial charge in [0.05, 0.1) is 17.5 Å². The Morgan fingerprint density at radius 3 is 1.73 bits per heavy atom. The third kappa shape index (κ3) is 4.65. The van der Waals surface area contributed by atoms with Crippen molar-refractivity contribution in [2.24, 2.45) is 5.41 Å². The van der Waals surface area contributed by atoms with Crippen LogP contribution in [-0.2, 0) is 4.29 Å². The number of hydrogen-bond donors (Lipinski definition) is 0. The van der Waals surface area contributed by atoms with Crippen molar-refractivity contribution < 1.29 is 4.29 Å². The summed E-state index contributed by atoms with van der Waals surface area (Å²) >= 11 is 5.41. The molecule has 0 heterocycles. The van der Waals surface area contributed by atoms with E-state index in [-0.39, 0.29) is 11.0 Å². The molecule has 1 atom stereocenters. The summed E-state index contributed by atoms with van der Waals surface area (Å²) in [6.07, 6.45) is 1.94. The second-order valence-electron chi connectivity index (χ2n) is 4.62. The summed E-state index contributed by atoms with van der Waals surface area (Å²) in [5.74, 6) is 0. The molecule has 11 heavy (non-hydrogen) atoms. The first-order valence-corrected chi connectivity index (χ1v) is 4.43. The van der Waals surface area contributed by atoms with Crippen LogP contribution in [0.1, 0.15) is 47.5 Å². The lowest BCUT2D eigenvalue weighted by Gasteiger charge is -2.31. The van der Waals surface area contributed by atoms with Crippen molar-refractivity contribution in [1.29, 1.82) is 0 Å². The van der Waals surface area contributed by atoms with Crippen LogP contribution in [-0.4, -0.2) is 5.60 Å². The average molecular weight is 179 g/mol. The quantitative estimate of drug-likeness (QED) is 0.640. The van der Waals surface area contributed by atoms with Gasteiger partial charge in [0.1, 0.15) is 0 Å². The van der Waals surface area contributed by atoms with Gasteiger partial charge in [0.25, 0.3) is 0 Å². The lowest BCUT2D eigenvalue weighted by molar-refractivity contribution is 0.0507. The van der Waals surface area contributed by atoms with Crippen LogP contribution < -0.4 is 0 Å². The lowest BCUT2D eigenvalue weighted by Crippen LogP contribution is -2.30. The summed E-state index contributed by atoms with van der Waals surface area (Å²) < 4.78 is 4.94. The zero-order chi connectivity index (χ0) is 9.12. The van der Waals surface area contributed by atoms with Gasteiger partial charge in [-0.05, 0) is 25.2 Å². The fraction of sp³-hybridized carbons (Fsp3) is 1.00. The highest BCUT2D eigenvalue weighted by Gasteiger charge is 2.29. The predicted octanol–water partition coefficient (Wildman–Crippen LogP) is 3.76. The van der Waals surface area contributed by atoms with Crippen molar-refractivity contribution >= 4 is 11.9 Å². The van der Waals surface area contributed by atoms with Gasteiger partial charge in [0.15, 0.2) is 0 Å². The Kier molecular flexibility index (Phi) is 3.86. The first-order chi connectivity index (χ1) is 4.83. The smallest absolute Gasteiger partial charge is 0.0871 e. The monoisotopic (exact) mass is 178 g/mol. The van der Waals surface area contributed by atoms with E-state index in [9.17, 15) is 0 Å². The van der Waals surface area contributed by atoms with Crippen LogP contribution in [0.25, 0.3) is 0 Å². The summed E-state index contributed by atoms with van der Waals surface area (Å²) in [6.45, 7) is 10.7. The van der Waals surface area contributed by atoms with Crippen molar-refractivity contribution in [1.82, 2.24) is 0 Å². The largest absolute Gasteiger partial charge is 0.273 e. The van der Waals surface area contributed by atoms with Crippen molar-refractivity contribution in [2.45, 2.75) is 53.1 Å². The van der Waals surface area contributed by atoms with E-state index < -0.39 is 0 Å². The topological polar surface area (TPSA) is 9.23 Å². The average Bonchev–Trinajstić information content (AvgIpc) is 1.84. The van der Waals surface area contributed by atoms with Gasteiger partial charge in [-0.3, -0.25) is 4.29 Å². The Balaban J connectivity index is 4.08. The molecule has 0 radical (unpaired) electrons. The van der Waals surface area contributed by atoms with E-state index in [2.05, 4.69) is 27.7 Å². The zero-order valence-electron chi connectivity index (χ0n) is 8.20. The van der Waals surface area contributed by atoms with Gasteiger partial charge in [0.2, 0.25) is 0 Å². The standard InChI is InChI=1S/C9H19ClO/c1-6-9(5,11-10)7-8(2,3)4/h6-7H2,1-5H3. The molecular formula is C9H19ClO. The number of halogens is 1. The fourth-order valence-corrected chi connectivity index (χ4v) is 1.49. The summed E-state index contributed by atoms with van der Waals surface area (Å²) in [5, 5.41) is 0. The molecule has 0 amide bonds. The van der Waals surface area contributed by atoms with Crippen molar-refractivity contribution in [3.63, 3.8) is 0 Å². The zero-order valence-corrected chi connectivity index (χ0v) is 8.96. The van der Waals surface area contributed by atoms with E-state index in [1.165, 1.54) is 0 Å². The molecule has 0 rings (SSSR count). The molecule has 0 spiro atoms. The Hall–Kier alpha value is 0.250. The minimum absolute atomic E-state index is 0.167. The lowest BCUT2D eigenvalue weighted by atomic mass is 9.82. The fourth-order valence-electron chi connectivity index (χ4n) is 1.33. The summed E-state index contributed by atoms with van der Waals surface area (Å²) in [7, 11) is 0. The molecular weight excluding hydrogens is 160 g/mol. The number of hydrogen-bond acceptors (Lipinski definition) is 1. The minimum Gasteiger partial charge on any atom is -0.273 e. The third-order valence-corrected chi connectivity index (χ3v) is 2.21. The molecule has 0 aromatic rings. The molecule has 1 unspecified atom stereocenters. The molecule has 0 saturated heterocycles. The minimum atomic E-state index is -0.167. The van der Waals surface area contributed by atoms with E-state index in [0.29, 0.717) is 0 Å². The molecule has 0 aromatic carbocycles. The van der Waals surface area contributed by atoms with Gasteiger partial charge in [-0.25, -0.2) is 0 Å². The van der Waals surface area contributed by atoms with E-state index in [1.54, 1.807) is 0 Å².